The number of aryl methyl sites for hydroxylation is 1. The Morgan fingerprint density at radius 1 is 1.00 bits per heavy atom. The summed E-state index contributed by atoms with van der Waals surface area (Å²) in [4.78, 5) is 0.154. The number of hydrogen-bond acceptors (Lipinski definition) is 0. The van der Waals surface area contributed by atoms with Gasteiger partial charge in [-0.2, -0.15) is 0 Å². The second kappa shape index (κ2) is 5.03. The fourth-order valence-electron chi connectivity index (χ4n) is 1.60. The maximum absolute atomic E-state index is 6.17. The molecule has 0 aliphatic rings. The van der Waals surface area contributed by atoms with E-state index in [2.05, 4.69) is 47.1 Å². The standard InChI is InChI=1S/C14H12BrCl/c1-10-6-8-11(9-7-10)14(15)12-4-2-3-5-13(12)16/h2-9,14H,1H3. The third-order valence-electron chi connectivity index (χ3n) is 2.55. The lowest BCUT2D eigenvalue weighted by Crippen LogP contribution is -1.93. The molecule has 0 bridgehead atoms. The van der Waals surface area contributed by atoms with Crippen molar-refractivity contribution in [1.29, 1.82) is 0 Å². The van der Waals surface area contributed by atoms with Crippen LogP contribution < -0.4 is 0 Å². The van der Waals surface area contributed by atoms with E-state index in [0.717, 1.165) is 10.6 Å². The van der Waals surface area contributed by atoms with Crippen LogP contribution in [0.1, 0.15) is 21.5 Å². The zero-order valence-corrected chi connectivity index (χ0v) is 11.3. The summed E-state index contributed by atoms with van der Waals surface area (Å²) in [5, 5.41) is 0.796. The Morgan fingerprint density at radius 2 is 1.62 bits per heavy atom. The first-order chi connectivity index (χ1) is 7.68. The normalized spacial score (nSPS) is 12.4. The van der Waals surface area contributed by atoms with E-state index in [-0.39, 0.29) is 4.83 Å². The van der Waals surface area contributed by atoms with Crippen LogP contribution in [0.5, 0.6) is 0 Å². The van der Waals surface area contributed by atoms with Crippen molar-refractivity contribution in [3.8, 4) is 0 Å². The van der Waals surface area contributed by atoms with E-state index in [4.69, 9.17) is 11.6 Å². The number of benzene rings is 2. The largest absolute Gasteiger partial charge is 0.0840 e. The summed E-state index contributed by atoms with van der Waals surface area (Å²) in [7, 11) is 0. The number of hydrogen-bond donors (Lipinski definition) is 0. The van der Waals surface area contributed by atoms with Crippen molar-refractivity contribution in [2.45, 2.75) is 11.8 Å². The van der Waals surface area contributed by atoms with Gasteiger partial charge in [-0.05, 0) is 24.1 Å². The molecule has 0 aliphatic carbocycles. The molecule has 2 rings (SSSR count). The highest BCUT2D eigenvalue weighted by Gasteiger charge is 2.12. The van der Waals surface area contributed by atoms with Crippen LogP contribution in [0, 0.1) is 6.92 Å². The molecule has 0 saturated heterocycles. The summed E-state index contributed by atoms with van der Waals surface area (Å²) < 4.78 is 0. The maximum atomic E-state index is 6.17. The minimum absolute atomic E-state index is 0.154. The van der Waals surface area contributed by atoms with E-state index in [1.54, 1.807) is 0 Å². The van der Waals surface area contributed by atoms with Gasteiger partial charge in [-0.3, -0.25) is 0 Å². The van der Waals surface area contributed by atoms with Crippen LogP contribution in [0.25, 0.3) is 0 Å². The zero-order chi connectivity index (χ0) is 11.5. The number of alkyl halides is 1. The molecule has 2 aromatic rings. The molecule has 2 heteroatoms. The van der Waals surface area contributed by atoms with Crippen molar-refractivity contribution in [3.63, 3.8) is 0 Å². The molecule has 0 spiro atoms. The first kappa shape index (κ1) is 11.7. The SMILES string of the molecule is Cc1ccc(C(Br)c2ccccc2Cl)cc1. The van der Waals surface area contributed by atoms with Crippen LogP contribution in [0.15, 0.2) is 48.5 Å². The first-order valence-corrected chi connectivity index (χ1v) is 6.43. The molecule has 82 valence electrons. The summed E-state index contributed by atoms with van der Waals surface area (Å²) in [5.74, 6) is 0. The van der Waals surface area contributed by atoms with Crippen LogP contribution in [0.4, 0.5) is 0 Å². The maximum Gasteiger partial charge on any atom is 0.0659 e. The number of rotatable bonds is 2. The Kier molecular flexibility index (Phi) is 3.67. The van der Waals surface area contributed by atoms with Crippen molar-refractivity contribution in [2.24, 2.45) is 0 Å². The fraction of sp³-hybridized carbons (Fsp3) is 0.143. The third-order valence-corrected chi connectivity index (χ3v) is 3.91. The molecule has 2 aromatic carbocycles. The molecule has 0 radical (unpaired) electrons. The lowest BCUT2D eigenvalue weighted by Gasteiger charge is -2.12. The average molecular weight is 296 g/mol. The smallest absolute Gasteiger partial charge is 0.0659 e. The fourth-order valence-corrected chi connectivity index (χ4v) is 2.68. The quantitative estimate of drug-likeness (QED) is 0.674. The van der Waals surface area contributed by atoms with Crippen LogP contribution in [-0.4, -0.2) is 0 Å². The Labute approximate surface area is 109 Å². The van der Waals surface area contributed by atoms with Crippen molar-refractivity contribution in [1.82, 2.24) is 0 Å². The molecule has 1 atom stereocenters. The van der Waals surface area contributed by atoms with Crippen molar-refractivity contribution in [2.75, 3.05) is 0 Å². The van der Waals surface area contributed by atoms with E-state index in [0.29, 0.717) is 0 Å². The molecule has 0 aliphatic heterocycles. The molecule has 0 amide bonds. The van der Waals surface area contributed by atoms with Crippen molar-refractivity contribution < 1.29 is 0 Å². The summed E-state index contributed by atoms with van der Waals surface area (Å²) >= 11 is 9.86. The Bertz CT molecular complexity index is 476. The summed E-state index contributed by atoms with van der Waals surface area (Å²) in [6, 6.07) is 16.4. The Hall–Kier alpha value is -0.790. The van der Waals surface area contributed by atoms with Crippen LogP contribution >= 0.6 is 27.5 Å². The van der Waals surface area contributed by atoms with Gasteiger partial charge in [-0.25, -0.2) is 0 Å². The predicted octanol–water partition coefficient (Wildman–Crippen LogP) is 5.13. The van der Waals surface area contributed by atoms with Crippen molar-refractivity contribution in [3.05, 3.63) is 70.2 Å². The van der Waals surface area contributed by atoms with Gasteiger partial charge in [-0.15, -0.1) is 0 Å². The van der Waals surface area contributed by atoms with Gasteiger partial charge < -0.3 is 0 Å². The predicted molar refractivity (Wildman–Crippen MR) is 73.4 cm³/mol. The van der Waals surface area contributed by atoms with Crippen LogP contribution in [0.3, 0.4) is 0 Å². The highest BCUT2D eigenvalue weighted by molar-refractivity contribution is 9.09. The second-order valence-electron chi connectivity index (χ2n) is 3.79. The molecule has 0 fully saturated rings. The Balaban J connectivity index is 2.35. The second-order valence-corrected chi connectivity index (χ2v) is 5.12. The highest BCUT2D eigenvalue weighted by Crippen LogP contribution is 2.34. The molecule has 0 saturated carbocycles. The molecule has 0 N–H and O–H groups in total. The minimum Gasteiger partial charge on any atom is -0.0840 e. The van der Waals surface area contributed by atoms with Crippen LogP contribution in [-0.2, 0) is 0 Å². The van der Waals surface area contributed by atoms with E-state index >= 15 is 0 Å². The van der Waals surface area contributed by atoms with E-state index in [1.807, 2.05) is 24.3 Å². The van der Waals surface area contributed by atoms with Gasteiger partial charge in [0.05, 0.1) is 4.83 Å². The molecular formula is C14H12BrCl. The van der Waals surface area contributed by atoms with Crippen LogP contribution in [0.2, 0.25) is 5.02 Å². The average Bonchev–Trinajstić information content (AvgIpc) is 2.30. The van der Waals surface area contributed by atoms with Gasteiger partial charge in [0.15, 0.2) is 0 Å². The van der Waals surface area contributed by atoms with Crippen molar-refractivity contribution >= 4 is 27.5 Å². The van der Waals surface area contributed by atoms with Gasteiger partial charge in [-0.1, -0.05) is 75.6 Å². The molecular weight excluding hydrogens is 284 g/mol. The third kappa shape index (κ3) is 2.47. The molecule has 16 heavy (non-hydrogen) atoms. The molecule has 0 nitrogen and oxygen atoms in total. The lowest BCUT2D eigenvalue weighted by molar-refractivity contribution is 1.17. The van der Waals surface area contributed by atoms with Gasteiger partial charge in [0, 0.05) is 5.02 Å². The zero-order valence-electron chi connectivity index (χ0n) is 8.95. The first-order valence-electron chi connectivity index (χ1n) is 5.13. The van der Waals surface area contributed by atoms with E-state index in [9.17, 15) is 0 Å². The number of halogens is 2. The molecule has 0 aromatic heterocycles. The van der Waals surface area contributed by atoms with Gasteiger partial charge in [0.25, 0.3) is 0 Å². The Morgan fingerprint density at radius 3 is 2.25 bits per heavy atom. The van der Waals surface area contributed by atoms with E-state index < -0.39 is 0 Å². The van der Waals surface area contributed by atoms with Gasteiger partial charge >= 0.3 is 0 Å². The highest BCUT2D eigenvalue weighted by atomic mass is 79.9. The summed E-state index contributed by atoms with van der Waals surface area (Å²) in [6.07, 6.45) is 0. The molecule has 1 unspecified atom stereocenters. The topological polar surface area (TPSA) is 0 Å². The van der Waals surface area contributed by atoms with Gasteiger partial charge in [0.1, 0.15) is 0 Å². The molecule has 0 heterocycles. The summed E-state index contributed by atoms with van der Waals surface area (Å²) in [6.45, 7) is 2.09. The van der Waals surface area contributed by atoms with Gasteiger partial charge in [0.2, 0.25) is 0 Å². The van der Waals surface area contributed by atoms with E-state index in [1.165, 1.54) is 11.1 Å². The monoisotopic (exact) mass is 294 g/mol. The lowest BCUT2D eigenvalue weighted by atomic mass is 10.0. The summed E-state index contributed by atoms with van der Waals surface area (Å²) in [5.41, 5.74) is 3.59. The minimum atomic E-state index is 0.154.